The molecule has 96 valence electrons. The van der Waals surface area contributed by atoms with Crippen molar-refractivity contribution in [2.45, 2.75) is 32.2 Å². The van der Waals surface area contributed by atoms with Crippen LogP contribution in [0.25, 0.3) is 0 Å². The van der Waals surface area contributed by atoms with Gasteiger partial charge in [-0.2, -0.15) is 0 Å². The van der Waals surface area contributed by atoms with Gasteiger partial charge in [0.15, 0.2) is 0 Å². The van der Waals surface area contributed by atoms with E-state index in [1.165, 1.54) is 5.56 Å². The van der Waals surface area contributed by atoms with Crippen LogP contribution in [-0.4, -0.2) is 22.6 Å². The van der Waals surface area contributed by atoms with E-state index in [1.54, 1.807) is 6.20 Å². The van der Waals surface area contributed by atoms with Crippen LogP contribution >= 0.6 is 0 Å². The van der Waals surface area contributed by atoms with Crippen LogP contribution in [0.5, 0.6) is 0 Å². The zero-order valence-electron chi connectivity index (χ0n) is 10.9. The summed E-state index contributed by atoms with van der Waals surface area (Å²) in [5.41, 5.74) is 1.39. The van der Waals surface area contributed by atoms with E-state index in [-0.39, 0.29) is 0 Å². The van der Waals surface area contributed by atoms with Crippen LogP contribution in [0.4, 0.5) is 0 Å². The van der Waals surface area contributed by atoms with Crippen molar-refractivity contribution >= 4 is 0 Å². The third-order valence-electron chi connectivity index (χ3n) is 3.02. The number of nitrogens with zero attached hydrogens (tertiary/aromatic N) is 1. The predicted octanol–water partition coefficient (Wildman–Crippen LogP) is 2.56. The molecule has 0 aliphatic rings. The van der Waals surface area contributed by atoms with Gasteiger partial charge in [0.1, 0.15) is 5.82 Å². The highest BCUT2D eigenvalue weighted by Crippen LogP contribution is 2.03. The zero-order valence-corrected chi connectivity index (χ0v) is 10.9. The highest BCUT2D eigenvalue weighted by Gasteiger charge is 2.02. The Balaban J connectivity index is 1.62. The molecule has 1 heterocycles. The summed E-state index contributed by atoms with van der Waals surface area (Å²) in [6.07, 6.45) is 6.90. The Morgan fingerprint density at radius 3 is 2.83 bits per heavy atom. The quantitative estimate of drug-likeness (QED) is 0.734. The maximum atomic E-state index is 4.22. The molecule has 2 N–H and O–H groups in total. The van der Waals surface area contributed by atoms with Gasteiger partial charge in [0, 0.05) is 24.9 Å². The monoisotopic (exact) mass is 243 g/mol. The van der Waals surface area contributed by atoms with Gasteiger partial charge < -0.3 is 10.3 Å². The van der Waals surface area contributed by atoms with Crippen molar-refractivity contribution in [2.24, 2.45) is 0 Å². The standard InChI is InChI=1S/C15H21N3/c1-13(12-14-6-3-2-4-7-14)16-9-5-8-15-17-10-11-18-15/h2-4,6-7,10-11,13,16H,5,8-9,12H2,1H3,(H,17,18). The van der Waals surface area contributed by atoms with Crippen LogP contribution in [0.2, 0.25) is 0 Å². The molecule has 1 aromatic heterocycles. The number of benzene rings is 1. The molecule has 2 rings (SSSR count). The minimum atomic E-state index is 0.518. The fraction of sp³-hybridized carbons (Fsp3) is 0.400. The van der Waals surface area contributed by atoms with E-state index in [4.69, 9.17) is 0 Å². The first-order chi connectivity index (χ1) is 8.84. The molecule has 18 heavy (non-hydrogen) atoms. The van der Waals surface area contributed by atoms with Crippen LogP contribution in [-0.2, 0) is 12.8 Å². The lowest BCUT2D eigenvalue weighted by atomic mass is 10.1. The molecule has 1 unspecified atom stereocenters. The smallest absolute Gasteiger partial charge is 0.106 e. The Morgan fingerprint density at radius 1 is 1.28 bits per heavy atom. The summed E-state index contributed by atoms with van der Waals surface area (Å²) >= 11 is 0. The van der Waals surface area contributed by atoms with Gasteiger partial charge in [-0.25, -0.2) is 4.98 Å². The van der Waals surface area contributed by atoms with E-state index >= 15 is 0 Å². The van der Waals surface area contributed by atoms with Gasteiger partial charge in [-0.05, 0) is 31.9 Å². The topological polar surface area (TPSA) is 40.7 Å². The number of hydrogen-bond acceptors (Lipinski definition) is 2. The molecule has 2 aromatic rings. The molecule has 0 saturated heterocycles. The number of aryl methyl sites for hydroxylation is 1. The highest BCUT2D eigenvalue weighted by atomic mass is 14.9. The number of H-pyrrole nitrogens is 1. The predicted molar refractivity (Wildman–Crippen MR) is 74.5 cm³/mol. The molecule has 0 aliphatic heterocycles. The fourth-order valence-corrected chi connectivity index (χ4v) is 2.08. The SMILES string of the molecule is CC(Cc1ccccc1)NCCCc1ncc[nH]1. The Morgan fingerprint density at radius 2 is 2.11 bits per heavy atom. The van der Waals surface area contributed by atoms with E-state index in [0.29, 0.717) is 6.04 Å². The van der Waals surface area contributed by atoms with Crippen LogP contribution in [0, 0.1) is 0 Å². The summed E-state index contributed by atoms with van der Waals surface area (Å²) in [5, 5.41) is 3.55. The van der Waals surface area contributed by atoms with Crippen molar-refractivity contribution in [3.63, 3.8) is 0 Å². The van der Waals surface area contributed by atoms with Crippen molar-refractivity contribution in [1.29, 1.82) is 0 Å². The van der Waals surface area contributed by atoms with Gasteiger partial charge in [-0.15, -0.1) is 0 Å². The van der Waals surface area contributed by atoms with E-state index < -0.39 is 0 Å². The maximum absolute atomic E-state index is 4.22. The van der Waals surface area contributed by atoms with Crippen LogP contribution < -0.4 is 5.32 Å². The molecule has 3 heteroatoms. The Bertz CT molecular complexity index is 422. The molecular weight excluding hydrogens is 222 g/mol. The van der Waals surface area contributed by atoms with Gasteiger partial charge in [0.2, 0.25) is 0 Å². The summed E-state index contributed by atoms with van der Waals surface area (Å²) in [5.74, 6) is 1.08. The molecule has 0 aliphatic carbocycles. The summed E-state index contributed by atoms with van der Waals surface area (Å²) in [4.78, 5) is 7.34. The second-order valence-electron chi connectivity index (χ2n) is 4.68. The van der Waals surface area contributed by atoms with Crippen LogP contribution in [0.15, 0.2) is 42.7 Å². The molecular formula is C15H21N3. The summed E-state index contributed by atoms with van der Waals surface area (Å²) in [6.45, 7) is 3.27. The first-order valence-electron chi connectivity index (χ1n) is 6.60. The highest BCUT2D eigenvalue weighted by molar-refractivity contribution is 5.15. The molecule has 1 aromatic carbocycles. The summed E-state index contributed by atoms with van der Waals surface area (Å²) in [7, 11) is 0. The number of aromatic amines is 1. The van der Waals surface area contributed by atoms with Gasteiger partial charge >= 0.3 is 0 Å². The number of rotatable bonds is 7. The van der Waals surface area contributed by atoms with Crippen molar-refractivity contribution in [2.75, 3.05) is 6.54 Å². The first-order valence-corrected chi connectivity index (χ1v) is 6.60. The second kappa shape index (κ2) is 6.97. The largest absolute Gasteiger partial charge is 0.349 e. The molecule has 0 bridgehead atoms. The lowest BCUT2D eigenvalue weighted by Crippen LogP contribution is -2.29. The third kappa shape index (κ3) is 4.34. The number of aromatic nitrogens is 2. The van der Waals surface area contributed by atoms with Crippen LogP contribution in [0.3, 0.4) is 0 Å². The minimum absolute atomic E-state index is 0.518. The third-order valence-corrected chi connectivity index (χ3v) is 3.02. The summed E-state index contributed by atoms with van der Waals surface area (Å²) in [6, 6.07) is 11.1. The second-order valence-corrected chi connectivity index (χ2v) is 4.68. The van der Waals surface area contributed by atoms with Gasteiger partial charge in [0.25, 0.3) is 0 Å². The van der Waals surface area contributed by atoms with E-state index in [1.807, 2.05) is 6.20 Å². The number of nitrogens with one attached hydrogen (secondary N) is 2. The van der Waals surface area contributed by atoms with Gasteiger partial charge in [0.05, 0.1) is 0 Å². The number of hydrogen-bond donors (Lipinski definition) is 2. The first kappa shape index (κ1) is 12.8. The summed E-state index contributed by atoms with van der Waals surface area (Å²) < 4.78 is 0. The Hall–Kier alpha value is -1.61. The fourth-order valence-electron chi connectivity index (χ4n) is 2.08. The lowest BCUT2D eigenvalue weighted by molar-refractivity contribution is 0.531. The zero-order chi connectivity index (χ0) is 12.6. The van der Waals surface area contributed by atoms with Crippen molar-refractivity contribution < 1.29 is 0 Å². The van der Waals surface area contributed by atoms with Gasteiger partial charge in [-0.3, -0.25) is 0 Å². The van der Waals surface area contributed by atoms with Crippen molar-refractivity contribution in [1.82, 2.24) is 15.3 Å². The number of imidazole rings is 1. The average molecular weight is 243 g/mol. The molecule has 3 nitrogen and oxygen atoms in total. The molecule has 0 fully saturated rings. The van der Waals surface area contributed by atoms with E-state index in [9.17, 15) is 0 Å². The van der Waals surface area contributed by atoms with E-state index in [0.717, 1.165) is 31.6 Å². The van der Waals surface area contributed by atoms with Crippen molar-refractivity contribution in [3.05, 3.63) is 54.1 Å². The molecule has 1 atom stereocenters. The lowest BCUT2D eigenvalue weighted by Gasteiger charge is -2.13. The molecule has 0 spiro atoms. The Labute approximate surface area is 109 Å². The average Bonchev–Trinajstić information content (AvgIpc) is 2.89. The minimum Gasteiger partial charge on any atom is -0.349 e. The van der Waals surface area contributed by atoms with Gasteiger partial charge in [-0.1, -0.05) is 30.3 Å². The molecule has 0 saturated carbocycles. The normalized spacial score (nSPS) is 12.5. The molecule has 0 amide bonds. The maximum Gasteiger partial charge on any atom is 0.106 e. The van der Waals surface area contributed by atoms with Crippen molar-refractivity contribution in [3.8, 4) is 0 Å². The molecule has 0 radical (unpaired) electrons. The van der Waals surface area contributed by atoms with E-state index in [2.05, 4.69) is 52.5 Å². The Kier molecular flexibility index (Phi) is 4.97. The van der Waals surface area contributed by atoms with Crippen LogP contribution in [0.1, 0.15) is 24.7 Å².